The number of aromatic nitrogens is 1. The number of nitrogens with one attached hydrogen (secondary N) is 1. The molecule has 0 spiro atoms. The van der Waals surface area contributed by atoms with Crippen LogP contribution in [0.4, 0.5) is 0 Å². The molecule has 0 bridgehead atoms. The maximum atomic E-state index is 10.7. The average Bonchev–Trinajstić information content (AvgIpc) is 2.95. The summed E-state index contributed by atoms with van der Waals surface area (Å²) in [7, 11) is 0. The predicted molar refractivity (Wildman–Crippen MR) is 96.8 cm³/mol. The van der Waals surface area contributed by atoms with Gasteiger partial charge in [-0.1, -0.05) is 58.5 Å². The second-order valence-corrected chi connectivity index (χ2v) is 6.70. The number of aromatic amines is 1. The smallest absolute Gasteiger partial charge is 0.108 e. The number of H-pyrrole nitrogens is 1. The number of aliphatic hydroxyl groups is 1. The van der Waals surface area contributed by atoms with E-state index in [4.69, 9.17) is 46.4 Å². The Labute approximate surface area is 153 Å². The summed E-state index contributed by atoms with van der Waals surface area (Å²) >= 11 is 24.3. The summed E-state index contributed by atoms with van der Waals surface area (Å²) < 4.78 is 0. The summed E-state index contributed by atoms with van der Waals surface area (Å²) in [5, 5.41) is 12.7. The van der Waals surface area contributed by atoms with Crippen LogP contribution in [0.2, 0.25) is 20.1 Å². The van der Waals surface area contributed by atoms with Crippen molar-refractivity contribution in [2.24, 2.45) is 0 Å². The number of rotatable bonds is 3. The lowest BCUT2D eigenvalue weighted by Crippen LogP contribution is -2.01. The van der Waals surface area contributed by atoms with Crippen molar-refractivity contribution >= 4 is 46.4 Å². The summed E-state index contributed by atoms with van der Waals surface area (Å²) in [5.74, 6) is 0. The van der Waals surface area contributed by atoms with Gasteiger partial charge in [0.25, 0.3) is 0 Å². The molecule has 1 atom stereocenters. The molecular formula is C17H11Cl4NO. The molecule has 0 saturated carbocycles. The van der Waals surface area contributed by atoms with E-state index in [0.29, 0.717) is 31.2 Å². The summed E-state index contributed by atoms with van der Waals surface area (Å²) in [6.07, 6.45) is 2.58. The van der Waals surface area contributed by atoms with Crippen molar-refractivity contribution in [3.8, 4) is 11.1 Å². The number of benzene rings is 2. The van der Waals surface area contributed by atoms with Gasteiger partial charge >= 0.3 is 0 Å². The highest BCUT2D eigenvalue weighted by molar-refractivity contribution is 6.36. The lowest BCUT2D eigenvalue weighted by molar-refractivity contribution is 0.221. The molecule has 2 aromatic carbocycles. The van der Waals surface area contributed by atoms with Crippen molar-refractivity contribution in [3.05, 3.63) is 80.0 Å². The second-order valence-electron chi connectivity index (χ2n) is 5.02. The quantitative estimate of drug-likeness (QED) is 0.538. The van der Waals surface area contributed by atoms with Crippen LogP contribution in [0.1, 0.15) is 17.2 Å². The van der Waals surface area contributed by atoms with Gasteiger partial charge in [0.1, 0.15) is 6.10 Å². The molecule has 0 radical (unpaired) electrons. The molecule has 0 aliphatic rings. The van der Waals surface area contributed by atoms with Gasteiger partial charge < -0.3 is 10.1 Å². The van der Waals surface area contributed by atoms with E-state index in [1.54, 1.807) is 42.7 Å². The van der Waals surface area contributed by atoms with Crippen molar-refractivity contribution in [3.63, 3.8) is 0 Å². The molecule has 0 fully saturated rings. The Hall–Kier alpha value is -1.16. The first-order chi connectivity index (χ1) is 11.0. The van der Waals surface area contributed by atoms with E-state index in [9.17, 15) is 5.11 Å². The molecule has 1 heterocycles. The van der Waals surface area contributed by atoms with Crippen molar-refractivity contribution in [2.45, 2.75) is 6.10 Å². The van der Waals surface area contributed by atoms with Crippen LogP contribution >= 0.6 is 46.4 Å². The first-order valence-electron chi connectivity index (χ1n) is 6.72. The Kier molecular flexibility index (Phi) is 4.90. The van der Waals surface area contributed by atoms with Gasteiger partial charge in [0.05, 0.1) is 0 Å². The van der Waals surface area contributed by atoms with Crippen LogP contribution in [0.3, 0.4) is 0 Å². The maximum absolute atomic E-state index is 10.7. The fourth-order valence-electron chi connectivity index (χ4n) is 2.43. The Morgan fingerprint density at radius 3 is 2.04 bits per heavy atom. The molecular weight excluding hydrogens is 376 g/mol. The monoisotopic (exact) mass is 385 g/mol. The lowest BCUT2D eigenvalue weighted by Gasteiger charge is -2.15. The van der Waals surface area contributed by atoms with Gasteiger partial charge in [0.15, 0.2) is 0 Å². The second kappa shape index (κ2) is 6.76. The zero-order chi connectivity index (χ0) is 16.6. The van der Waals surface area contributed by atoms with Gasteiger partial charge in [-0.05, 0) is 24.3 Å². The largest absolute Gasteiger partial charge is 0.384 e. The normalized spacial score (nSPS) is 12.4. The highest BCUT2D eigenvalue weighted by atomic mass is 35.5. The van der Waals surface area contributed by atoms with Gasteiger partial charge in [-0.3, -0.25) is 0 Å². The van der Waals surface area contributed by atoms with Crippen molar-refractivity contribution in [2.75, 3.05) is 0 Å². The van der Waals surface area contributed by atoms with Gasteiger partial charge in [-0.15, -0.1) is 0 Å². The van der Waals surface area contributed by atoms with E-state index in [1.165, 1.54) is 0 Å². The maximum Gasteiger partial charge on any atom is 0.108 e. The molecule has 3 aromatic rings. The standard InChI is InChI=1S/C17H11Cl4NO/c18-9-1-3-11(15(20)5-9)13-7-22-8-14(13)17(23)12-4-2-10(19)6-16(12)21/h1-8,17,22-23H. The third-order valence-corrected chi connectivity index (χ3v) is 4.66. The van der Waals surface area contributed by atoms with Crippen LogP contribution in [0.5, 0.6) is 0 Å². The number of aliphatic hydroxyl groups excluding tert-OH is 1. The molecule has 0 saturated heterocycles. The Balaban J connectivity index is 2.06. The fourth-order valence-corrected chi connectivity index (χ4v) is 3.46. The first kappa shape index (κ1) is 16.7. The third kappa shape index (κ3) is 3.37. The van der Waals surface area contributed by atoms with Crippen LogP contribution in [-0.2, 0) is 0 Å². The molecule has 23 heavy (non-hydrogen) atoms. The number of hydrogen-bond donors (Lipinski definition) is 2. The van der Waals surface area contributed by atoms with Crippen molar-refractivity contribution < 1.29 is 5.11 Å². The van der Waals surface area contributed by atoms with Gasteiger partial charge in [-0.2, -0.15) is 0 Å². The van der Waals surface area contributed by atoms with Crippen LogP contribution < -0.4 is 0 Å². The fraction of sp³-hybridized carbons (Fsp3) is 0.0588. The first-order valence-corrected chi connectivity index (χ1v) is 8.23. The molecule has 3 rings (SSSR count). The highest BCUT2D eigenvalue weighted by Crippen LogP contribution is 2.38. The van der Waals surface area contributed by atoms with Gasteiger partial charge in [0.2, 0.25) is 0 Å². The van der Waals surface area contributed by atoms with Gasteiger partial charge in [0, 0.05) is 54.7 Å². The Morgan fingerprint density at radius 2 is 1.39 bits per heavy atom. The molecule has 2 nitrogen and oxygen atoms in total. The zero-order valence-corrected chi connectivity index (χ0v) is 14.7. The van der Waals surface area contributed by atoms with Gasteiger partial charge in [-0.25, -0.2) is 0 Å². The average molecular weight is 387 g/mol. The van der Waals surface area contributed by atoms with E-state index >= 15 is 0 Å². The Bertz CT molecular complexity index is 860. The van der Waals surface area contributed by atoms with Crippen molar-refractivity contribution in [1.29, 1.82) is 0 Å². The Morgan fingerprint density at radius 1 is 0.739 bits per heavy atom. The van der Waals surface area contributed by atoms with Crippen LogP contribution in [-0.4, -0.2) is 10.1 Å². The van der Waals surface area contributed by atoms with Crippen molar-refractivity contribution in [1.82, 2.24) is 4.98 Å². The molecule has 1 aromatic heterocycles. The summed E-state index contributed by atoms with van der Waals surface area (Å²) in [6.45, 7) is 0. The zero-order valence-electron chi connectivity index (χ0n) is 11.7. The van der Waals surface area contributed by atoms with Crippen LogP contribution in [0.15, 0.2) is 48.8 Å². The summed E-state index contributed by atoms with van der Waals surface area (Å²) in [6, 6.07) is 10.2. The summed E-state index contributed by atoms with van der Waals surface area (Å²) in [4.78, 5) is 3.00. The minimum Gasteiger partial charge on any atom is -0.384 e. The van der Waals surface area contributed by atoms with E-state index in [2.05, 4.69) is 4.98 Å². The molecule has 0 amide bonds. The highest BCUT2D eigenvalue weighted by Gasteiger charge is 2.20. The molecule has 2 N–H and O–H groups in total. The molecule has 0 aliphatic carbocycles. The summed E-state index contributed by atoms with van der Waals surface area (Å²) in [5.41, 5.74) is 2.79. The van der Waals surface area contributed by atoms with E-state index in [0.717, 1.165) is 11.1 Å². The molecule has 118 valence electrons. The lowest BCUT2D eigenvalue weighted by atomic mass is 9.96. The predicted octanol–water partition coefficient (Wildman–Crippen LogP) is 6.38. The van der Waals surface area contributed by atoms with E-state index < -0.39 is 6.10 Å². The molecule has 0 aliphatic heterocycles. The minimum absolute atomic E-state index is 0.402. The van der Waals surface area contributed by atoms with E-state index in [-0.39, 0.29) is 0 Å². The topological polar surface area (TPSA) is 36.0 Å². The third-order valence-electron chi connectivity index (χ3n) is 3.55. The number of halogens is 4. The van der Waals surface area contributed by atoms with Crippen LogP contribution in [0.25, 0.3) is 11.1 Å². The number of hydrogen-bond acceptors (Lipinski definition) is 1. The molecule has 1 unspecified atom stereocenters. The SMILES string of the molecule is OC(c1ccc(Cl)cc1Cl)c1c[nH]cc1-c1ccc(Cl)cc1Cl. The van der Waals surface area contributed by atoms with E-state index in [1.807, 2.05) is 6.07 Å². The molecule has 6 heteroatoms. The minimum atomic E-state index is -0.909. The van der Waals surface area contributed by atoms with Crippen LogP contribution in [0, 0.1) is 0 Å².